The number of benzene rings is 1. The van der Waals surface area contributed by atoms with Crippen molar-refractivity contribution in [3.8, 4) is 16.9 Å². The summed E-state index contributed by atoms with van der Waals surface area (Å²) in [7, 11) is 1.66. The fraction of sp³-hybridized carbons (Fsp3) is 0.241. The Morgan fingerprint density at radius 3 is 2.49 bits per heavy atom. The molecule has 10 heteroatoms. The van der Waals surface area contributed by atoms with Gasteiger partial charge in [-0.15, -0.1) is 0 Å². The lowest BCUT2D eigenvalue weighted by molar-refractivity contribution is 0.576. The molecule has 0 aliphatic carbocycles. The summed E-state index contributed by atoms with van der Waals surface area (Å²) in [5.41, 5.74) is 2.18. The van der Waals surface area contributed by atoms with Gasteiger partial charge < -0.3 is 9.88 Å². The molecule has 4 heterocycles. The van der Waals surface area contributed by atoms with Crippen molar-refractivity contribution in [2.24, 2.45) is 7.05 Å². The Kier molecular flexibility index (Phi) is 6.55. The molecule has 0 radical (unpaired) electrons. The van der Waals surface area contributed by atoms with Gasteiger partial charge in [0, 0.05) is 48.3 Å². The van der Waals surface area contributed by atoms with Gasteiger partial charge in [0.1, 0.15) is 17.3 Å². The third-order valence-corrected chi connectivity index (χ3v) is 6.61. The van der Waals surface area contributed by atoms with E-state index in [0.29, 0.717) is 29.1 Å². The van der Waals surface area contributed by atoms with Gasteiger partial charge in [0.15, 0.2) is 5.82 Å². The van der Waals surface area contributed by atoms with Crippen LogP contribution in [-0.4, -0.2) is 29.3 Å². The highest BCUT2D eigenvalue weighted by molar-refractivity contribution is 5.83. The molecule has 0 saturated heterocycles. The zero-order chi connectivity index (χ0) is 27.9. The fourth-order valence-corrected chi connectivity index (χ4v) is 4.55. The number of hydrogen-bond donors (Lipinski definition) is 1. The van der Waals surface area contributed by atoms with E-state index in [0.717, 1.165) is 26.9 Å². The monoisotopic (exact) mass is 525 g/mol. The molecule has 9 nitrogen and oxygen atoms in total. The number of pyridine rings is 2. The van der Waals surface area contributed by atoms with Gasteiger partial charge in [0.05, 0.1) is 17.8 Å². The number of nitrogens with one attached hydrogen (secondary N) is 1. The Morgan fingerprint density at radius 2 is 1.79 bits per heavy atom. The van der Waals surface area contributed by atoms with E-state index >= 15 is 4.39 Å². The lowest BCUT2D eigenvalue weighted by Gasteiger charge is -2.20. The van der Waals surface area contributed by atoms with E-state index in [9.17, 15) is 9.59 Å². The SMILES string of the molecule is CCc1c(-c2cc(Nc3cnccn3)c(=O)n(C)c2)ccnc1-n1ncc2cc(C(C)(C)C)cc(F)c2c1=O. The summed E-state index contributed by atoms with van der Waals surface area (Å²) in [5.74, 6) is 0.144. The molecule has 0 fully saturated rings. The summed E-state index contributed by atoms with van der Waals surface area (Å²) in [6.45, 7) is 7.89. The number of hydrogen-bond acceptors (Lipinski definition) is 7. The zero-order valence-corrected chi connectivity index (χ0v) is 22.4. The lowest BCUT2D eigenvalue weighted by atomic mass is 9.86. The van der Waals surface area contributed by atoms with E-state index in [4.69, 9.17) is 0 Å². The first kappa shape index (κ1) is 25.9. The van der Waals surface area contributed by atoms with Gasteiger partial charge in [0.25, 0.3) is 11.1 Å². The maximum absolute atomic E-state index is 15.3. The average molecular weight is 526 g/mol. The van der Waals surface area contributed by atoms with Crippen LogP contribution in [0.3, 0.4) is 0 Å². The van der Waals surface area contributed by atoms with Crippen LogP contribution in [0.2, 0.25) is 0 Å². The molecule has 0 aliphatic heterocycles. The van der Waals surface area contributed by atoms with Crippen molar-refractivity contribution in [3.05, 3.63) is 99.1 Å². The molecule has 0 atom stereocenters. The first-order valence-electron chi connectivity index (χ1n) is 12.5. The molecule has 198 valence electrons. The van der Waals surface area contributed by atoms with Crippen molar-refractivity contribution in [2.45, 2.75) is 39.5 Å². The highest BCUT2D eigenvalue weighted by Gasteiger charge is 2.21. The van der Waals surface area contributed by atoms with Crippen molar-refractivity contribution in [1.29, 1.82) is 0 Å². The Bertz CT molecular complexity index is 1820. The van der Waals surface area contributed by atoms with E-state index < -0.39 is 11.4 Å². The van der Waals surface area contributed by atoms with Crippen molar-refractivity contribution in [3.63, 3.8) is 0 Å². The van der Waals surface area contributed by atoms with Gasteiger partial charge in [-0.05, 0) is 47.2 Å². The van der Waals surface area contributed by atoms with Crippen LogP contribution < -0.4 is 16.4 Å². The van der Waals surface area contributed by atoms with Gasteiger partial charge >= 0.3 is 0 Å². The minimum absolute atomic E-state index is 0.0372. The molecule has 0 aliphatic rings. The number of rotatable bonds is 5. The molecule has 0 unspecified atom stereocenters. The number of aromatic nitrogens is 6. The highest BCUT2D eigenvalue weighted by Crippen LogP contribution is 2.30. The molecule has 0 saturated carbocycles. The maximum Gasteiger partial charge on any atom is 0.283 e. The maximum atomic E-state index is 15.3. The molecule has 0 spiro atoms. The molecule has 1 N–H and O–H groups in total. The Morgan fingerprint density at radius 1 is 1.00 bits per heavy atom. The molecule has 5 rings (SSSR count). The number of aryl methyl sites for hydroxylation is 1. The lowest BCUT2D eigenvalue weighted by Crippen LogP contribution is -2.25. The summed E-state index contributed by atoms with van der Waals surface area (Å²) < 4.78 is 17.9. The predicted octanol–water partition coefficient (Wildman–Crippen LogP) is 4.68. The van der Waals surface area contributed by atoms with Gasteiger partial charge in [-0.2, -0.15) is 9.78 Å². The van der Waals surface area contributed by atoms with Crippen molar-refractivity contribution >= 4 is 22.3 Å². The largest absolute Gasteiger partial charge is 0.334 e. The minimum Gasteiger partial charge on any atom is -0.334 e. The Hall–Kier alpha value is -4.73. The third-order valence-electron chi connectivity index (χ3n) is 6.61. The van der Waals surface area contributed by atoms with E-state index in [1.165, 1.54) is 29.2 Å². The topological polar surface area (TPSA) is 108 Å². The van der Waals surface area contributed by atoms with Crippen LogP contribution in [0, 0.1) is 5.82 Å². The summed E-state index contributed by atoms with van der Waals surface area (Å²) in [4.78, 5) is 39.1. The number of nitrogens with zero attached hydrogens (tertiary/aromatic N) is 6. The van der Waals surface area contributed by atoms with Crippen LogP contribution in [0.5, 0.6) is 0 Å². The van der Waals surface area contributed by atoms with E-state index in [2.05, 4.69) is 25.4 Å². The molecule has 0 bridgehead atoms. The number of anilines is 2. The summed E-state index contributed by atoms with van der Waals surface area (Å²) in [6.07, 6.45) is 9.89. The van der Waals surface area contributed by atoms with Crippen molar-refractivity contribution in [1.82, 2.24) is 29.3 Å². The Labute approximate surface area is 224 Å². The van der Waals surface area contributed by atoms with Gasteiger partial charge in [0.2, 0.25) is 0 Å². The second kappa shape index (κ2) is 9.86. The van der Waals surface area contributed by atoms with Crippen LogP contribution in [0.15, 0.2) is 71.0 Å². The van der Waals surface area contributed by atoms with E-state index in [1.54, 1.807) is 37.8 Å². The van der Waals surface area contributed by atoms with Crippen LogP contribution >= 0.6 is 0 Å². The first-order chi connectivity index (χ1) is 18.6. The second-order valence-electron chi connectivity index (χ2n) is 10.3. The predicted molar refractivity (Wildman–Crippen MR) is 149 cm³/mol. The zero-order valence-electron chi connectivity index (χ0n) is 22.4. The quantitative estimate of drug-likeness (QED) is 0.355. The fourth-order valence-electron chi connectivity index (χ4n) is 4.55. The Balaban J connectivity index is 1.66. The molecular weight excluding hydrogens is 497 g/mol. The number of fused-ring (bicyclic) bond motifs is 1. The molecule has 5 aromatic rings. The van der Waals surface area contributed by atoms with Crippen LogP contribution in [0.4, 0.5) is 15.9 Å². The molecule has 0 amide bonds. The van der Waals surface area contributed by atoms with Crippen LogP contribution in [0.25, 0.3) is 27.7 Å². The van der Waals surface area contributed by atoms with E-state index in [-0.39, 0.29) is 16.4 Å². The van der Waals surface area contributed by atoms with Crippen LogP contribution in [-0.2, 0) is 18.9 Å². The van der Waals surface area contributed by atoms with Crippen molar-refractivity contribution < 1.29 is 4.39 Å². The minimum atomic E-state index is -0.592. The van der Waals surface area contributed by atoms with E-state index in [1.807, 2.05) is 33.8 Å². The third kappa shape index (κ3) is 4.81. The summed E-state index contributed by atoms with van der Waals surface area (Å²) in [5, 5.41) is 7.81. The van der Waals surface area contributed by atoms with Gasteiger partial charge in [-0.25, -0.2) is 14.4 Å². The van der Waals surface area contributed by atoms with Gasteiger partial charge in [-0.3, -0.25) is 14.6 Å². The molecule has 39 heavy (non-hydrogen) atoms. The molecule has 1 aromatic carbocycles. The van der Waals surface area contributed by atoms with Gasteiger partial charge in [-0.1, -0.05) is 27.7 Å². The van der Waals surface area contributed by atoms with Crippen LogP contribution in [0.1, 0.15) is 38.8 Å². The first-order valence-corrected chi connectivity index (χ1v) is 12.5. The summed E-state index contributed by atoms with van der Waals surface area (Å²) in [6, 6.07) is 6.75. The molecular formula is C29H28FN7O2. The van der Waals surface area contributed by atoms with Crippen molar-refractivity contribution in [2.75, 3.05) is 5.32 Å². The number of halogens is 1. The standard InChI is InChI=1S/C29H28FN7O2/c1-6-20-21(18-12-23(27(38)36(5)16-18)35-24-15-31-9-10-32-24)7-8-33-26(20)37-28(39)25-17(14-34-37)11-19(13-22(25)30)29(2,3)4/h7-16H,6H2,1-5H3,(H,32,35). The highest BCUT2D eigenvalue weighted by atomic mass is 19.1. The smallest absolute Gasteiger partial charge is 0.283 e. The second-order valence-corrected chi connectivity index (χ2v) is 10.3. The summed E-state index contributed by atoms with van der Waals surface area (Å²) >= 11 is 0. The molecule has 4 aromatic heterocycles. The normalized spacial score (nSPS) is 11.6. The average Bonchev–Trinajstić information content (AvgIpc) is 2.90.